The van der Waals surface area contributed by atoms with Gasteiger partial charge in [0.1, 0.15) is 0 Å². The Balaban J connectivity index is 0.00000661. The van der Waals surface area contributed by atoms with Crippen molar-refractivity contribution in [2.45, 2.75) is 75.8 Å². The number of aliphatic carboxylic acids is 3. The molecule has 3 aromatic carbocycles. The van der Waals surface area contributed by atoms with Crippen LogP contribution in [0.2, 0.25) is 0 Å². The first-order valence-electron chi connectivity index (χ1n) is 21.0. The first-order chi connectivity index (χ1) is 29.0. The smallest absolute Gasteiger partial charge is 0.549 e. The maximum absolute atomic E-state index is 11.7. The van der Waals surface area contributed by atoms with Crippen molar-refractivity contribution in [2.24, 2.45) is 0 Å². The third-order valence-electron chi connectivity index (χ3n) is 11.5. The molecule has 0 radical (unpaired) electrons. The SMILES string of the molecule is CCC(CC(CC(COPP)c1ccc(CCl)cc1)c1ccc(CO)cc1)c1ccc(CN2CCCN(CC(=O)[O-])CCN(CC(=O)[O-])CCCN(CC(=O)[O-])CC2)cc1.[Na+].[Na+].[Na+]. The minimum absolute atomic E-state index is 0. The van der Waals surface area contributed by atoms with Crippen molar-refractivity contribution < 1.29 is 128 Å². The number of hydrogen-bond acceptors (Lipinski definition) is 12. The van der Waals surface area contributed by atoms with Crippen molar-refractivity contribution in [1.82, 2.24) is 19.6 Å². The summed E-state index contributed by atoms with van der Waals surface area (Å²) in [6.07, 6.45) is 3.97. The molecule has 1 aliphatic heterocycles. The van der Waals surface area contributed by atoms with Crippen LogP contribution in [0.1, 0.15) is 90.2 Å². The van der Waals surface area contributed by atoms with Gasteiger partial charge in [0.2, 0.25) is 0 Å². The molecule has 330 valence electrons. The zero-order valence-corrected chi connectivity index (χ0v) is 46.8. The third-order valence-corrected chi connectivity index (χ3v) is 12.7. The summed E-state index contributed by atoms with van der Waals surface area (Å²) in [4.78, 5) is 42.3. The van der Waals surface area contributed by atoms with Gasteiger partial charge in [-0.25, -0.2) is 0 Å². The predicted molar refractivity (Wildman–Crippen MR) is 235 cm³/mol. The molecule has 1 heterocycles. The van der Waals surface area contributed by atoms with Crippen LogP contribution >= 0.6 is 29.0 Å². The van der Waals surface area contributed by atoms with Gasteiger partial charge in [-0.05, 0) is 103 Å². The molecule has 3 aromatic rings. The summed E-state index contributed by atoms with van der Waals surface area (Å²) >= 11 is 6.12. The van der Waals surface area contributed by atoms with E-state index < -0.39 is 17.9 Å². The fourth-order valence-electron chi connectivity index (χ4n) is 8.20. The summed E-state index contributed by atoms with van der Waals surface area (Å²) in [7, 11) is 2.99. The Hall–Kier alpha value is -0.0200. The van der Waals surface area contributed by atoms with Crippen molar-refractivity contribution >= 4 is 46.9 Å². The van der Waals surface area contributed by atoms with E-state index in [1.165, 1.54) is 16.7 Å². The maximum Gasteiger partial charge on any atom is 1.00 e. The molecule has 0 bridgehead atoms. The van der Waals surface area contributed by atoms with E-state index in [0.29, 0.717) is 92.7 Å². The number of benzene rings is 3. The molecule has 0 spiro atoms. The van der Waals surface area contributed by atoms with Crippen LogP contribution in [0.15, 0.2) is 72.8 Å². The molecule has 1 N–H and O–H groups in total. The van der Waals surface area contributed by atoms with Crippen LogP contribution in [0.5, 0.6) is 0 Å². The summed E-state index contributed by atoms with van der Waals surface area (Å²) in [5, 5.41) is 44.4. The number of nitrogens with zero attached hydrogens (tertiary/aromatic N) is 4. The molecule has 4 rings (SSSR count). The van der Waals surface area contributed by atoms with E-state index in [1.807, 2.05) is 17.0 Å². The fourth-order valence-corrected chi connectivity index (χ4v) is 8.96. The van der Waals surface area contributed by atoms with Gasteiger partial charge in [-0.1, -0.05) is 88.6 Å². The third kappa shape index (κ3) is 23.2. The molecule has 63 heavy (non-hydrogen) atoms. The number of alkyl halides is 1. The second kappa shape index (κ2) is 34.3. The second-order valence-corrected chi connectivity index (χ2v) is 17.3. The van der Waals surface area contributed by atoms with Crippen LogP contribution in [0.25, 0.3) is 0 Å². The molecular formula is C45H62ClN4Na3O8P2. The number of carbonyl (C=O) groups excluding carboxylic acids is 3. The number of hydrogen-bond donors (Lipinski definition) is 1. The second-order valence-electron chi connectivity index (χ2n) is 15.8. The van der Waals surface area contributed by atoms with Gasteiger partial charge in [0.25, 0.3) is 0 Å². The summed E-state index contributed by atoms with van der Waals surface area (Å²) in [5.41, 5.74) is 6.81. The molecule has 1 aliphatic rings. The minimum Gasteiger partial charge on any atom is -0.549 e. The van der Waals surface area contributed by atoms with Gasteiger partial charge in [0.15, 0.2) is 0 Å². The molecule has 5 atom stereocenters. The van der Waals surface area contributed by atoms with Crippen molar-refractivity contribution in [2.75, 3.05) is 78.6 Å². The van der Waals surface area contributed by atoms with Crippen LogP contribution in [0, 0.1) is 0 Å². The number of carboxylic acids is 3. The van der Waals surface area contributed by atoms with Gasteiger partial charge in [0, 0.05) is 72.7 Å². The molecule has 0 aliphatic carbocycles. The van der Waals surface area contributed by atoms with E-state index in [-0.39, 0.29) is 133 Å². The van der Waals surface area contributed by atoms with Crippen molar-refractivity contribution in [1.29, 1.82) is 0 Å². The standard InChI is InChI=1S/C45H65ClN4O8P2.3Na/c1-2-37(25-41(39-15-9-36(32-51)10-16-39)26-42(33-58-60-59)40-11-5-34(27-46)6-12-40)38-13-7-35(8-14-38)28-47-17-3-18-49(30-44(54)55)23-24-50(31-45(56)57)20-4-19-48(22-21-47)29-43(52)53;;;/h5-16,37,41-42,51,60H,2-4,17-33,59H2,1H3,(H,52,53)(H,54,55)(H,56,57);;;/q;3*+1/p-3. The molecule has 0 amide bonds. The van der Waals surface area contributed by atoms with Crippen LogP contribution in [-0.4, -0.2) is 121 Å². The van der Waals surface area contributed by atoms with Crippen LogP contribution in [0.3, 0.4) is 0 Å². The molecule has 0 saturated carbocycles. The van der Waals surface area contributed by atoms with Gasteiger partial charge >= 0.3 is 88.7 Å². The van der Waals surface area contributed by atoms with Crippen molar-refractivity contribution in [3.8, 4) is 0 Å². The zero-order chi connectivity index (χ0) is 43.3. The quantitative estimate of drug-likeness (QED) is 0.0613. The number of halogens is 1. The van der Waals surface area contributed by atoms with Crippen LogP contribution in [-0.2, 0) is 37.9 Å². The first kappa shape index (κ1) is 61.0. The van der Waals surface area contributed by atoms with E-state index in [9.17, 15) is 34.8 Å². The van der Waals surface area contributed by atoms with E-state index in [1.54, 1.807) is 9.80 Å². The first-order valence-corrected chi connectivity index (χ1v) is 24.2. The molecule has 1 fully saturated rings. The van der Waals surface area contributed by atoms with Crippen LogP contribution in [0.4, 0.5) is 0 Å². The molecule has 5 unspecified atom stereocenters. The number of rotatable bonds is 21. The molecule has 1 saturated heterocycles. The van der Waals surface area contributed by atoms with E-state index in [4.69, 9.17) is 16.1 Å². The topological polar surface area (TPSA) is 163 Å². The number of carboxylic acid groups (broad SMARTS) is 3. The van der Waals surface area contributed by atoms with Gasteiger partial charge in [-0.3, -0.25) is 19.6 Å². The number of aliphatic hydroxyl groups excluding tert-OH is 1. The van der Waals surface area contributed by atoms with Crippen molar-refractivity contribution in [3.63, 3.8) is 0 Å². The molecular weight excluding hydrogens is 891 g/mol. The van der Waals surface area contributed by atoms with Gasteiger partial charge < -0.3 is 39.3 Å². The largest absolute Gasteiger partial charge is 1.00 e. The molecule has 18 heteroatoms. The molecule has 0 aromatic heterocycles. The Morgan fingerprint density at radius 2 is 1.00 bits per heavy atom. The average Bonchev–Trinajstić information content (AvgIpc) is 3.23. The number of carbonyl (C=O) groups is 3. The van der Waals surface area contributed by atoms with Crippen molar-refractivity contribution in [3.05, 3.63) is 106 Å². The number of aliphatic hydroxyl groups is 1. The summed E-state index contributed by atoms with van der Waals surface area (Å²) in [6, 6.07) is 25.6. The Kier molecular flexibility index (Phi) is 33.2. The monoisotopic (exact) mass is 952 g/mol. The zero-order valence-electron chi connectivity index (χ0n) is 37.9. The summed E-state index contributed by atoms with van der Waals surface area (Å²) < 4.78 is 6.03. The Bertz CT molecular complexity index is 1740. The Morgan fingerprint density at radius 3 is 1.41 bits per heavy atom. The average molecular weight is 953 g/mol. The molecule has 12 nitrogen and oxygen atoms in total. The summed E-state index contributed by atoms with van der Waals surface area (Å²) in [6.45, 7) is 6.45. The van der Waals surface area contributed by atoms with E-state index in [2.05, 4.69) is 81.4 Å². The van der Waals surface area contributed by atoms with Crippen LogP contribution < -0.4 is 104 Å². The van der Waals surface area contributed by atoms with Gasteiger partial charge in [-0.2, -0.15) is 0 Å². The van der Waals surface area contributed by atoms with E-state index >= 15 is 0 Å². The fraction of sp³-hybridized carbons (Fsp3) is 0.533. The minimum atomic E-state index is -1.22. The van der Waals surface area contributed by atoms with Gasteiger partial charge in [-0.15, -0.1) is 11.6 Å². The predicted octanol–water partition coefficient (Wildman–Crippen LogP) is -6.08. The maximum atomic E-state index is 11.7. The normalized spacial score (nSPS) is 16.8. The Morgan fingerprint density at radius 1 is 0.619 bits per heavy atom. The Labute approximate surface area is 450 Å². The van der Waals surface area contributed by atoms with E-state index in [0.717, 1.165) is 36.0 Å². The summed E-state index contributed by atoms with van der Waals surface area (Å²) in [5.74, 6) is -2.41. The van der Waals surface area contributed by atoms with Gasteiger partial charge in [0.05, 0.1) is 31.1 Å².